The zero-order valence-electron chi connectivity index (χ0n) is 14.9. The zero-order chi connectivity index (χ0) is 18.5. The standard InChI is InChI=1S/C21H23FN2O2/c1-15-7-2-3-8-16(15)13-23-20(25)17-9-6-12-24(14-17)21(26)18-10-4-5-11-19(18)22/h2-5,7-8,10-11,17H,6,9,12-14H2,1H3,(H,23,25). The number of hydrogen-bond donors (Lipinski definition) is 1. The minimum absolute atomic E-state index is 0.0562. The second-order valence-corrected chi connectivity index (χ2v) is 6.71. The zero-order valence-corrected chi connectivity index (χ0v) is 14.9. The topological polar surface area (TPSA) is 49.4 Å². The van der Waals surface area contributed by atoms with E-state index in [1.54, 1.807) is 17.0 Å². The van der Waals surface area contributed by atoms with Crippen molar-refractivity contribution in [2.24, 2.45) is 5.92 Å². The van der Waals surface area contributed by atoms with Crippen molar-refractivity contribution in [2.75, 3.05) is 13.1 Å². The molecule has 0 saturated carbocycles. The minimum atomic E-state index is -0.524. The average molecular weight is 354 g/mol. The Morgan fingerprint density at radius 1 is 1.15 bits per heavy atom. The highest BCUT2D eigenvalue weighted by atomic mass is 19.1. The van der Waals surface area contributed by atoms with E-state index < -0.39 is 5.82 Å². The highest BCUT2D eigenvalue weighted by Crippen LogP contribution is 2.20. The summed E-state index contributed by atoms with van der Waals surface area (Å²) in [5.74, 6) is -1.19. The van der Waals surface area contributed by atoms with Crippen LogP contribution in [0.1, 0.15) is 34.3 Å². The van der Waals surface area contributed by atoms with E-state index >= 15 is 0 Å². The van der Waals surface area contributed by atoms with E-state index in [4.69, 9.17) is 0 Å². The van der Waals surface area contributed by atoms with Crippen LogP contribution in [0.3, 0.4) is 0 Å². The number of nitrogens with zero attached hydrogens (tertiary/aromatic N) is 1. The third-order valence-corrected chi connectivity index (χ3v) is 4.90. The summed E-state index contributed by atoms with van der Waals surface area (Å²) >= 11 is 0. The summed E-state index contributed by atoms with van der Waals surface area (Å²) in [7, 11) is 0. The van der Waals surface area contributed by atoms with Gasteiger partial charge in [0.05, 0.1) is 11.5 Å². The molecule has 0 spiro atoms. The molecule has 1 atom stereocenters. The van der Waals surface area contributed by atoms with Gasteiger partial charge in [0.1, 0.15) is 5.82 Å². The fourth-order valence-corrected chi connectivity index (χ4v) is 3.32. The van der Waals surface area contributed by atoms with Gasteiger partial charge in [0.15, 0.2) is 0 Å². The molecule has 1 heterocycles. The quantitative estimate of drug-likeness (QED) is 0.916. The van der Waals surface area contributed by atoms with Gasteiger partial charge in [-0.3, -0.25) is 9.59 Å². The molecule has 0 aromatic heterocycles. The first-order valence-corrected chi connectivity index (χ1v) is 8.92. The van der Waals surface area contributed by atoms with Crippen molar-refractivity contribution in [1.29, 1.82) is 0 Å². The summed E-state index contributed by atoms with van der Waals surface area (Å²) in [6.45, 7) is 3.36. The van der Waals surface area contributed by atoms with Gasteiger partial charge in [-0.15, -0.1) is 0 Å². The van der Waals surface area contributed by atoms with Gasteiger partial charge < -0.3 is 10.2 Å². The van der Waals surface area contributed by atoms with Crippen LogP contribution in [0.2, 0.25) is 0 Å². The molecule has 2 aromatic carbocycles. The van der Waals surface area contributed by atoms with Gasteiger partial charge in [-0.1, -0.05) is 36.4 Å². The fourth-order valence-electron chi connectivity index (χ4n) is 3.32. The van der Waals surface area contributed by atoms with Crippen LogP contribution in [0.25, 0.3) is 0 Å². The molecule has 1 fully saturated rings. The molecule has 1 N–H and O–H groups in total. The summed E-state index contributed by atoms with van der Waals surface area (Å²) < 4.78 is 13.9. The number of benzene rings is 2. The Morgan fingerprint density at radius 3 is 2.65 bits per heavy atom. The van der Waals surface area contributed by atoms with Gasteiger partial charge in [0.25, 0.3) is 5.91 Å². The number of likely N-dealkylation sites (tertiary alicyclic amines) is 1. The first-order chi connectivity index (χ1) is 12.6. The number of carbonyl (C=O) groups is 2. The van der Waals surface area contributed by atoms with Crippen molar-refractivity contribution in [3.05, 3.63) is 71.0 Å². The van der Waals surface area contributed by atoms with Crippen molar-refractivity contribution < 1.29 is 14.0 Å². The van der Waals surface area contributed by atoms with Gasteiger partial charge in [-0.05, 0) is 43.0 Å². The van der Waals surface area contributed by atoms with Crippen LogP contribution in [0.15, 0.2) is 48.5 Å². The number of nitrogens with one attached hydrogen (secondary N) is 1. The lowest BCUT2D eigenvalue weighted by molar-refractivity contribution is -0.126. The number of carbonyl (C=O) groups excluding carboxylic acids is 2. The van der Waals surface area contributed by atoms with Gasteiger partial charge in [-0.25, -0.2) is 4.39 Å². The number of hydrogen-bond acceptors (Lipinski definition) is 2. The van der Waals surface area contributed by atoms with Gasteiger partial charge in [-0.2, -0.15) is 0 Å². The lowest BCUT2D eigenvalue weighted by Gasteiger charge is -2.32. The Kier molecular flexibility index (Phi) is 5.66. The van der Waals surface area contributed by atoms with E-state index in [0.717, 1.165) is 24.0 Å². The highest BCUT2D eigenvalue weighted by Gasteiger charge is 2.29. The minimum Gasteiger partial charge on any atom is -0.352 e. The number of halogens is 1. The van der Waals surface area contributed by atoms with E-state index in [2.05, 4.69) is 5.32 Å². The smallest absolute Gasteiger partial charge is 0.256 e. The molecule has 26 heavy (non-hydrogen) atoms. The van der Waals surface area contributed by atoms with Gasteiger partial charge in [0, 0.05) is 19.6 Å². The summed E-state index contributed by atoms with van der Waals surface area (Å²) in [5, 5.41) is 2.97. The Morgan fingerprint density at radius 2 is 1.88 bits per heavy atom. The highest BCUT2D eigenvalue weighted by molar-refractivity contribution is 5.95. The van der Waals surface area contributed by atoms with E-state index in [9.17, 15) is 14.0 Å². The Hall–Kier alpha value is -2.69. The Balaban J connectivity index is 1.61. The number of rotatable bonds is 4. The number of piperidine rings is 1. The largest absolute Gasteiger partial charge is 0.352 e. The lowest BCUT2D eigenvalue weighted by atomic mass is 9.96. The SMILES string of the molecule is Cc1ccccc1CNC(=O)C1CCCN(C(=O)c2ccccc2F)C1. The van der Waals surface area contributed by atoms with E-state index in [0.29, 0.717) is 19.6 Å². The van der Waals surface area contributed by atoms with E-state index in [-0.39, 0.29) is 23.3 Å². The summed E-state index contributed by atoms with van der Waals surface area (Å²) in [6, 6.07) is 13.9. The monoisotopic (exact) mass is 354 g/mol. The normalized spacial score (nSPS) is 17.0. The maximum Gasteiger partial charge on any atom is 0.256 e. The van der Waals surface area contributed by atoms with Crippen LogP contribution in [0, 0.1) is 18.7 Å². The van der Waals surface area contributed by atoms with Crippen molar-refractivity contribution >= 4 is 11.8 Å². The van der Waals surface area contributed by atoms with Gasteiger partial charge in [0.2, 0.25) is 5.91 Å². The van der Waals surface area contributed by atoms with Crippen LogP contribution < -0.4 is 5.32 Å². The van der Waals surface area contributed by atoms with Crippen LogP contribution in [-0.2, 0) is 11.3 Å². The summed E-state index contributed by atoms with van der Waals surface area (Å²) in [6.07, 6.45) is 1.48. The third kappa shape index (κ3) is 4.10. The fraction of sp³-hybridized carbons (Fsp3) is 0.333. The molecular weight excluding hydrogens is 331 g/mol. The number of aryl methyl sites for hydroxylation is 1. The Labute approximate surface area is 153 Å². The molecule has 4 nitrogen and oxygen atoms in total. The molecule has 2 amide bonds. The van der Waals surface area contributed by atoms with Crippen molar-refractivity contribution in [2.45, 2.75) is 26.3 Å². The maximum atomic E-state index is 13.9. The molecule has 0 radical (unpaired) electrons. The molecule has 2 aromatic rings. The third-order valence-electron chi connectivity index (χ3n) is 4.90. The predicted molar refractivity (Wildman–Crippen MR) is 98.1 cm³/mol. The van der Waals surface area contributed by atoms with Crippen molar-refractivity contribution in [1.82, 2.24) is 10.2 Å². The lowest BCUT2D eigenvalue weighted by Crippen LogP contribution is -2.45. The van der Waals surface area contributed by atoms with Crippen LogP contribution in [-0.4, -0.2) is 29.8 Å². The summed E-state index contributed by atoms with van der Waals surface area (Å²) in [4.78, 5) is 26.7. The molecule has 1 aliphatic rings. The van der Waals surface area contributed by atoms with Gasteiger partial charge >= 0.3 is 0 Å². The van der Waals surface area contributed by atoms with Crippen LogP contribution in [0.5, 0.6) is 0 Å². The molecule has 0 bridgehead atoms. The first kappa shape index (κ1) is 18.1. The second kappa shape index (κ2) is 8.13. The molecule has 3 rings (SSSR count). The Bertz CT molecular complexity index is 806. The van der Waals surface area contributed by atoms with Crippen molar-refractivity contribution in [3.63, 3.8) is 0 Å². The second-order valence-electron chi connectivity index (χ2n) is 6.71. The van der Waals surface area contributed by atoms with Crippen LogP contribution >= 0.6 is 0 Å². The van der Waals surface area contributed by atoms with Crippen LogP contribution in [0.4, 0.5) is 4.39 Å². The molecule has 136 valence electrons. The molecular formula is C21H23FN2O2. The first-order valence-electron chi connectivity index (χ1n) is 8.92. The van der Waals surface area contributed by atoms with E-state index in [1.807, 2.05) is 31.2 Å². The van der Waals surface area contributed by atoms with E-state index in [1.165, 1.54) is 12.1 Å². The average Bonchev–Trinajstić information content (AvgIpc) is 2.67. The molecule has 5 heteroatoms. The molecule has 1 aliphatic heterocycles. The maximum absolute atomic E-state index is 13.9. The predicted octanol–water partition coefficient (Wildman–Crippen LogP) is 3.30. The van der Waals surface area contributed by atoms with Crippen molar-refractivity contribution in [3.8, 4) is 0 Å². The number of amides is 2. The molecule has 1 saturated heterocycles. The molecule has 0 aliphatic carbocycles. The summed E-state index contributed by atoms with van der Waals surface area (Å²) in [5.41, 5.74) is 2.28. The molecule has 1 unspecified atom stereocenters.